The fourth-order valence-electron chi connectivity index (χ4n) is 1.25. The molecule has 2 atom stereocenters. The highest BCUT2D eigenvalue weighted by Gasteiger charge is 2.34. The highest BCUT2D eigenvalue weighted by atomic mass is 35.5. The van der Waals surface area contributed by atoms with Crippen molar-refractivity contribution >= 4 is 34.8 Å². The number of nitrogens with one attached hydrogen (secondary N) is 1. The van der Waals surface area contributed by atoms with E-state index in [-0.39, 0.29) is 5.69 Å². The average molecular weight is 300 g/mol. The van der Waals surface area contributed by atoms with Gasteiger partial charge in [0.05, 0.1) is 16.6 Å². The van der Waals surface area contributed by atoms with Crippen molar-refractivity contribution in [1.29, 1.82) is 0 Å². The molecular weight excluding hydrogens is 290 g/mol. The molecule has 0 aromatic heterocycles. The molecule has 1 aromatic rings. The molecule has 0 spiro atoms. The summed E-state index contributed by atoms with van der Waals surface area (Å²) in [6.07, 6.45) is -4.54. The van der Waals surface area contributed by atoms with Crippen LogP contribution in [0.3, 0.4) is 0 Å². The molecule has 0 aliphatic heterocycles. The molecule has 0 radical (unpaired) electrons. The van der Waals surface area contributed by atoms with Crippen LogP contribution in [-0.4, -0.2) is 16.7 Å². The summed E-state index contributed by atoms with van der Waals surface area (Å²) in [7, 11) is 0. The second kappa shape index (κ2) is 5.80. The molecule has 0 bridgehead atoms. The zero-order chi connectivity index (χ0) is 13.9. The molecule has 1 amide bonds. The van der Waals surface area contributed by atoms with Gasteiger partial charge in [0, 0.05) is 0 Å². The number of anilines is 1. The third-order valence-corrected chi connectivity index (χ3v) is 3.10. The number of rotatable bonds is 3. The first kappa shape index (κ1) is 15.1. The molecular formula is C11H10Cl2F3NO. The number of carbonyl (C=O) groups is 1. The predicted molar refractivity (Wildman–Crippen MR) is 65.0 cm³/mol. The van der Waals surface area contributed by atoms with E-state index in [9.17, 15) is 18.0 Å². The van der Waals surface area contributed by atoms with Gasteiger partial charge in [-0.3, -0.25) is 4.79 Å². The largest absolute Gasteiger partial charge is 0.418 e. The number of hydrogen-bond donors (Lipinski definition) is 1. The van der Waals surface area contributed by atoms with Gasteiger partial charge in [-0.1, -0.05) is 12.1 Å². The lowest BCUT2D eigenvalue weighted by Crippen LogP contribution is -2.30. The van der Waals surface area contributed by atoms with Crippen molar-refractivity contribution in [3.63, 3.8) is 0 Å². The lowest BCUT2D eigenvalue weighted by atomic mass is 10.1. The van der Waals surface area contributed by atoms with E-state index in [1.54, 1.807) is 0 Å². The Morgan fingerprint density at radius 1 is 1.28 bits per heavy atom. The van der Waals surface area contributed by atoms with Crippen LogP contribution in [0, 0.1) is 0 Å². The van der Waals surface area contributed by atoms with Gasteiger partial charge >= 0.3 is 6.18 Å². The van der Waals surface area contributed by atoms with Gasteiger partial charge in [0.2, 0.25) is 5.91 Å². The molecule has 0 saturated carbocycles. The number of alkyl halides is 5. The summed E-state index contributed by atoms with van der Waals surface area (Å²) in [4.78, 5) is 11.5. The van der Waals surface area contributed by atoms with Crippen molar-refractivity contribution in [3.8, 4) is 0 Å². The van der Waals surface area contributed by atoms with Crippen molar-refractivity contribution < 1.29 is 18.0 Å². The number of carbonyl (C=O) groups excluding carboxylic acids is 1. The normalized spacial score (nSPS) is 15.0. The maximum Gasteiger partial charge on any atom is 0.418 e. The fourth-order valence-corrected chi connectivity index (χ4v) is 1.42. The molecule has 0 fully saturated rings. The van der Waals surface area contributed by atoms with Crippen LogP contribution < -0.4 is 5.32 Å². The van der Waals surface area contributed by atoms with Gasteiger partial charge in [-0.25, -0.2) is 0 Å². The standard InChI is InChI=1S/C11H10Cl2F3NO/c1-6(12)9(13)10(18)17-8-5-3-2-4-7(8)11(14,15)16/h2-6,9H,1H3,(H,17,18). The quantitative estimate of drug-likeness (QED) is 0.843. The van der Waals surface area contributed by atoms with Gasteiger partial charge < -0.3 is 5.32 Å². The number of para-hydroxylation sites is 1. The van der Waals surface area contributed by atoms with E-state index in [2.05, 4.69) is 5.32 Å². The van der Waals surface area contributed by atoms with Crippen LogP contribution >= 0.6 is 23.2 Å². The van der Waals surface area contributed by atoms with Crippen molar-refractivity contribution in [3.05, 3.63) is 29.8 Å². The summed E-state index contributed by atoms with van der Waals surface area (Å²) in [6, 6.07) is 4.66. The topological polar surface area (TPSA) is 29.1 Å². The van der Waals surface area contributed by atoms with Crippen LogP contribution in [0.5, 0.6) is 0 Å². The first-order valence-corrected chi connectivity index (χ1v) is 5.86. The maximum atomic E-state index is 12.6. The third kappa shape index (κ3) is 3.78. The number of benzene rings is 1. The molecule has 0 heterocycles. The smallest absolute Gasteiger partial charge is 0.324 e. The second-order valence-corrected chi connectivity index (χ2v) is 4.77. The number of halogens is 5. The van der Waals surface area contributed by atoms with E-state index >= 15 is 0 Å². The van der Waals surface area contributed by atoms with E-state index in [4.69, 9.17) is 23.2 Å². The molecule has 0 aliphatic carbocycles. The summed E-state index contributed by atoms with van der Waals surface area (Å²) >= 11 is 11.3. The van der Waals surface area contributed by atoms with Gasteiger partial charge in [0.15, 0.2) is 0 Å². The minimum atomic E-state index is -4.54. The molecule has 1 aromatic carbocycles. The van der Waals surface area contributed by atoms with Crippen LogP contribution in [-0.2, 0) is 11.0 Å². The molecule has 2 unspecified atom stereocenters. The molecule has 7 heteroatoms. The van der Waals surface area contributed by atoms with Crippen molar-refractivity contribution in [2.75, 3.05) is 5.32 Å². The first-order chi connectivity index (χ1) is 8.23. The Labute approximate surface area is 112 Å². The fraction of sp³-hybridized carbons (Fsp3) is 0.364. The number of amides is 1. The summed E-state index contributed by atoms with van der Waals surface area (Å²) in [5.41, 5.74) is -1.26. The zero-order valence-electron chi connectivity index (χ0n) is 9.26. The Morgan fingerprint density at radius 3 is 2.33 bits per heavy atom. The average Bonchev–Trinajstić information content (AvgIpc) is 2.27. The number of hydrogen-bond acceptors (Lipinski definition) is 1. The van der Waals surface area contributed by atoms with Crippen LogP contribution in [0.1, 0.15) is 12.5 Å². The maximum absolute atomic E-state index is 12.6. The second-order valence-electron chi connectivity index (χ2n) is 3.61. The SMILES string of the molecule is CC(Cl)C(Cl)C(=O)Nc1ccccc1C(F)(F)F. The van der Waals surface area contributed by atoms with E-state index in [1.807, 2.05) is 0 Å². The lowest BCUT2D eigenvalue weighted by Gasteiger charge is -2.16. The van der Waals surface area contributed by atoms with Gasteiger partial charge in [0.25, 0.3) is 0 Å². The van der Waals surface area contributed by atoms with Gasteiger partial charge in [-0.15, -0.1) is 23.2 Å². The van der Waals surface area contributed by atoms with Gasteiger partial charge in [0.1, 0.15) is 5.38 Å². The molecule has 1 rings (SSSR count). The van der Waals surface area contributed by atoms with Crippen molar-refractivity contribution in [1.82, 2.24) is 0 Å². The molecule has 2 nitrogen and oxygen atoms in total. The minimum Gasteiger partial charge on any atom is -0.324 e. The summed E-state index contributed by atoms with van der Waals surface area (Å²) < 4.78 is 37.9. The van der Waals surface area contributed by atoms with Crippen LogP contribution in [0.2, 0.25) is 0 Å². The first-order valence-electron chi connectivity index (χ1n) is 4.98. The predicted octanol–water partition coefficient (Wildman–Crippen LogP) is 3.88. The van der Waals surface area contributed by atoms with E-state index in [0.717, 1.165) is 12.1 Å². The Balaban J connectivity index is 2.95. The lowest BCUT2D eigenvalue weighted by molar-refractivity contribution is -0.137. The highest BCUT2D eigenvalue weighted by Crippen LogP contribution is 2.34. The molecule has 0 saturated heterocycles. The molecule has 100 valence electrons. The Hall–Kier alpha value is -0.940. The monoisotopic (exact) mass is 299 g/mol. The van der Waals surface area contributed by atoms with E-state index < -0.39 is 28.4 Å². The Morgan fingerprint density at radius 2 is 1.83 bits per heavy atom. The van der Waals surface area contributed by atoms with Crippen molar-refractivity contribution in [2.24, 2.45) is 0 Å². The van der Waals surface area contributed by atoms with E-state index in [1.165, 1.54) is 19.1 Å². The van der Waals surface area contributed by atoms with Gasteiger partial charge in [-0.05, 0) is 19.1 Å². The van der Waals surface area contributed by atoms with Gasteiger partial charge in [-0.2, -0.15) is 13.2 Å². The Bertz CT molecular complexity index is 435. The minimum absolute atomic E-state index is 0.335. The molecule has 18 heavy (non-hydrogen) atoms. The molecule has 0 aliphatic rings. The highest BCUT2D eigenvalue weighted by molar-refractivity contribution is 6.38. The van der Waals surface area contributed by atoms with E-state index in [0.29, 0.717) is 0 Å². The van der Waals surface area contributed by atoms with Crippen LogP contribution in [0.4, 0.5) is 18.9 Å². The Kier molecular flexibility index (Phi) is 4.87. The zero-order valence-corrected chi connectivity index (χ0v) is 10.8. The van der Waals surface area contributed by atoms with Crippen LogP contribution in [0.15, 0.2) is 24.3 Å². The van der Waals surface area contributed by atoms with Crippen LogP contribution in [0.25, 0.3) is 0 Å². The summed E-state index contributed by atoms with van der Waals surface area (Å²) in [6.45, 7) is 1.48. The molecule has 1 N–H and O–H groups in total. The summed E-state index contributed by atoms with van der Waals surface area (Å²) in [5.74, 6) is -0.768. The summed E-state index contributed by atoms with van der Waals surface area (Å²) in [5, 5.41) is 0.329. The van der Waals surface area contributed by atoms with Crippen molar-refractivity contribution in [2.45, 2.75) is 23.9 Å². The third-order valence-electron chi connectivity index (χ3n) is 2.14.